The van der Waals surface area contributed by atoms with E-state index in [2.05, 4.69) is 10.0 Å². The molecular formula is C16H18N2O5S2. The Labute approximate surface area is 149 Å². The number of aromatic carboxylic acids is 1. The van der Waals surface area contributed by atoms with Gasteiger partial charge in [-0.1, -0.05) is 18.2 Å². The molecule has 1 aliphatic rings. The minimum atomic E-state index is -3.90. The van der Waals surface area contributed by atoms with Gasteiger partial charge in [0.05, 0.1) is 5.56 Å². The number of fused-ring (bicyclic) bond motifs is 1. The SMILES string of the molecule is O=C(O)c1c(S(=O)(=O)NCCOc2ccccc2)sc2c1CCNC2. The third kappa shape index (κ3) is 4.01. The quantitative estimate of drug-likeness (QED) is 0.626. The zero-order valence-corrected chi connectivity index (χ0v) is 15.0. The Morgan fingerprint density at radius 2 is 2.08 bits per heavy atom. The zero-order valence-electron chi connectivity index (χ0n) is 13.3. The Morgan fingerprint density at radius 3 is 2.80 bits per heavy atom. The molecule has 0 saturated heterocycles. The second kappa shape index (κ2) is 7.52. The average molecular weight is 382 g/mol. The minimum absolute atomic E-state index is 0.0527. The highest BCUT2D eigenvalue weighted by Gasteiger charge is 2.31. The predicted octanol–water partition coefficient (Wildman–Crippen LogP) is 1.45. The predicted molar refractivity (Wildman–Crippen MR) is 93.8 cm³/mol. The van der Waals surface area contributed by atoms with E-state index >= 15 is 0 Å². The molecule has 9 heteroatoms. The van der Waals surface area contributed by atoms with Crippen LogP contribution < -0.4 is 14.8 Å². The molecule has 1 aliphatic heterocycles. The van der Waals surface area contributed by atoms with Gasteiger partial charge < -0.3 is 15.2 Å². The fourth-order valence-corrected chi connectivity index (χ4v) is 5.56. The Hall–Kier alpha value is -1.94. The number of carboxylic acids is 1. The number of hydrogen-bond acceptors (Lipinski definition) is 6. The Balaban J connectivity index is 1.71. The van der Waals surface area contributed by atoms with Crippen LogP contribution in [0.2, 0.25) is 0 Å². The molecule has 0 unspecified atom stereocenters. The Morgan fingerprint density at radius 1 is 1.32 bits per heavy atom. The summed E-state index contributed by atoms with van der Waals surface area (Å²) in [5.74, 6) is -0.564. The smallest absolute Gasteiger partial charge is 0.338 e. The summed E-state index contributed by atoms with van der Waals surface area (Å²) in [6.07, 6.45) is 0.514. The number of nitrogens with one attached hydrogen (secondary N) is 2. The van der Waals surface area contributed by atoms with Crippen LogP contribution in [-0.4, -0.2) is 39.2 Å². The number of sulfonamides is 1. The van der Waals surface area contributed by atoms with Crippen molar-refractivity contribution in [3.63, 3.8) is 0 Å². The number of thiophene rings is 1. The second-order valence-corrected chi connectivity index (χ2v) is 8.52. The Kier molecular flexibility index (Phi) is 5.38. The molecule has 0 radical (unpaired) electrons. The van der Waals surface area contributed by atoms with E-state index in [0.717, 1.165) is 16.2 Å². The van der Waals surface area contributed by atoms with Crippen molar-refractivity contribution in [2.24, 2.45) is 0 Å². The number of hydrogen-bond donors (Lipinski definition) is 3. The van der Waals surface area contributed by atoms with E-state index in [4.69, 9.17) is 4.74 Å². The number of carbonyl (C=O) groups is 1. The highest BCUT2D eigenvalue weighted by molar-refractivity contribution is 7.91. The molecule has 134 valence electrons. The van der Waals surface area contributed by atoms with Gasteiger partial charge in [-0.25, -0.2) is 17.9 Å². The van der Waals surface area contributed by atoms with Gasteiger partial charge in [-0.2, -0.15) is 0 Å². The lowest BCUT2D eigenvalue weighted by Crippen LogP contribution is -2.29. The molecule has 0 bridgehead atoms. The van der Waals surface area contributed by atoms with Crippen LogP contribution in [0.3, 0.4) is 0 Å². The number of ether oxygens (including phenoxy) is 1. The largest absolute Gasteiger partial charge is 0.492 e. The van der Waals surface area contributed by atoms with E-state index in [0.29, 0.717) is 30.8 Å². The monoisotopic (exact) mass is 382 g/mol. The molecule has 0 fully saturated rings. The normalized spacial score (nSPS) is 14.1. The number of para-hydroxylation sites is 1. The summed E-state index contributed by atoms with van der Waals surface area (Å²) >= 11 is 1.02. The molecule has 0 amide bonds. The summed E-state index contributed by atoms with van der Waals surface area (Å²) in [6, 6.07) is 9.05. The first-order valence-electron chi connectivity index (χ1n) is 7.75. The van der Waals surface area contributed by atoms with Crippen molar-refractivity contribution in [1.82, 2.24) is 10.0 Å². The van der Waals surface area contributed by atoms with Crippen LogP contribution in [-0.2, 0) is 23.0 Å². The molecule has 0 saturated carbocycles. The highest BCUT2D eigenvalue weighted by Crippen LogP contribution is 2.34. The van der Waals surface area contributed by atoms with Crippen LogP contribution >= 0.6 is 11.3 Å². The van der Waals surface area contributed by atoms with Crippen LogP contribution in [0.5, 0.6) is 5.75 Å². The van der Waals surface area contributed by atoms with Crippen molar-refractivity contribution in [3.8, 4) is 5.75 Å². The summed E-state index contributed by atoms with van der Waals surface area (Å²) in [5.41, 5.74) is 0.523. The topological polar surface area (TPSA) is 105 Å². The van der Waals surface area contributed by atoms with E-state index in [1.807, 2.05) is 18.2 Å². The third-order valence-electron chi connectivity index (χ3n) is 3.76. The van der Waals surface area contributed by atoms with Gasteiger partial charge in [0.2, 0.25) is 0 Å². The van der Waals surface area contributed by atoms with Crippen LogP contribution in [0, 0.1) is 0 Å². The van der Waals surface area contributed by atoms with E-state index in [9.17, 15) is 18.3 Å². The fourth-order valence-electron chi connectivity index (χ4n) is 2.64. The van der Waals surface area contributed by atoms with Gasteiger partial charge in [-0.3, -0.25) is 0 Å². The summed E-state index contributed by atoms with van der Waals surface area (Å²) in [6.45, 7) is 1.34. The highest BCUT2D eigenvalue weighted by atomic mass is 32.2. The lowest BCUT2D eigenvalue weighted by atomic mass is 10.1. The molecule has 2 heterocycles. The average Bonchev–Trinajstić information content (AvgIpc) is 3.00. The van der Waals surface area contributed by atoms with Gasteiger partial charge in [-0.05, 0) is 30.7 Å². The van der Waals surface area contributed by atoms with Crippen molar-refractivity contribution in [1.29, 1.82) is 0 Å². The van der Waals surface area contributed by atoms with Gasteiger partial charge in [-0.15, -0.1) is 11.3 Å². The summed E-state index contributed by atoms with van der Waals surface area (Å²) < 4.78 is 32.8. The van der Waals surface area contributed by atoms with Gasteiger partial charge in [0.1, 0.15) is 16.6 Å². The summed E-state index contributed by atoms with van der Waals surface area (Å²) in [7, 11) is -3.90. The maximum atomic E-state index is 12.5. The molecule has 7 nitrogen and oxygen atoms in total. The van der Waals surface area contributed by atoms with Crippen molar-refractivity contribution in [3.05, 3.63) is 46.3 Å². The van der Waals surface area contributed by atoms with E-state index in [1.54, 1.807) is 12.1 Å². The first kappa shape index (κ1) is 17.9. The molecule has 0 spiro atoms. The standard InChI is InChI=1S/C16H18N2O5S2/c19-15(20)14-12-6-7-17-10-13(12)24-16(14)25(21,22)18-8-9-23-11-4-2-1-3-5-11/h1-5,17-18H,6-10H2,(H,19,20). The van der Waals surface area contributed by atoms with Crippen molar-refractivity contribution in [2.75, 3.05) is 19.7 Å². The lowest BCUT2D eigenvalue weighted by molar-refractivity contribution is 0.0692. The van der Waals surface area contributed by atoms with Crippen LogP contribution in [0.4, 0.5) is 0 Å². The molecule has 0 atom stereocenters. The molecule has 25 heavy (non-hydrogen) atoms. The van der Waals surface area contributed by atoms with Crippen LogP contribution in [0.1, 0.15) is 20.8 Å². The van der Waals surface area contributed by atoms with Gasteiger partial charge in [0, 0.05) is 18.0 Å². The summed E-state index contributed by atoms with van der Waals surface area (Å²) in [4.78, 5) is 12.4. The molecular weight excluding hydrogens is 364 g/mol. The molecule has 3 rings (SSSR count). The van der Waals surface area contributed by atoms with Crippen molar-refractivity contribution < 1.29 is 23.1 Å². The van der Waals surface area contributed by atoms with E-state index < -0.39 is 16.0 Å². The van der Waals surface area contributed by atoms with Gasteiger partial charge in [0.25, 0.3) is 10.0 Å². The fraction of sp³-hybridized carbons (Fsp3) is 0.312. The number of benzene rings is 1. The molecule has 1 aromatic heterocycles. The van der Waals surface area contributed by atoms with Gasteiger partial charge >= 0.3 is 5.97 Å². The molecule has 3 N–H and O–H groups in total. The van der Waals surface area contributed by atoms with Crippen molar-refractivity contribution >= 4 is 27.3 Å². The first-order chi connectivity index (χ1) is 12.0. The number of carboxylic acid groups (broad SMARTS) is 1. The second-order valence-electron chi connectivity index (χ2n) is 5.46. The van der Waals surface area contributed by atoms with Crippen LogP contribution in [0.25, 0.3) is 0 Å². The molecule has 2 aromatic rings. The maximum Gasteiger partial charge on any atom is 0.338 e. The summed E-state index contributed by atoms with van der Waals surface area (Å²) in [5, 5.41) is 12.6. The Bertz CT molecular complexity index is 862. The first-order valence-corrected chi connectivity index (χ1v) is 10.0. The maximum absolute atomic E-state index is 12.5. The number of rotatable bonds is 7. The van der Waals surface area contributed by atoms with E-state index in [-0.39, 0.29) is 22.9 Å². The molecule has 0 aliphatic carbocycles. The van der Waals surface area contributed by atoms with Gasteiger partial charge in [0.15, 0.2) is 0 Å². The van der Waals surface area contributed by atoms with E-state index in [1.165, 1.54) is 0 Å². The zero-order chi connectivity index (χ0) is 17.9. The lowest BCUT2D eigenvalue weighted by Gasteiger charge is -2.12. The molecule has 1 aromatic carbocycles. The minimum Gasteiger partial charge on any atom is -0.492 e. The van der Waals surface area contributed by atoms with Crippen LogP contribution in [0.15, 0.2) is 34.5 Å². The third-order valence-corrected chi connectivity index (χ3v) is 6.97. The van der Waals surface area contributed by atoms with Crippen molar-refractivity contribution in [2.45, 2.75) is 17.2 Å².